The Kier molecular flexibility index (Phi) is 3.22. The molecule has 3 N–H and O–H groups in total. The van der Waals surface area contributed by atoms with Gasteiger partial charge in [-0.2, -0.15) is 5.10 Å². The van der Waals surface area contributed by atoms with Gasteiger partial charge in [0, 0.05) is 19.2 Å². The number of fused-ring (bicyclic) bond motifs is 1. The molecule has 0 bridgehead atoms. The molecule has 7 nitrogen and oxygen atoms in total. The summed E-state index contributed by atoms with van der Waals surface area (Å²) >= 11 is 0. The van der Waals surface area contributed by atoms with Crippen molar-refractivity contribution in [3.63, 3.8) is 0 Å². The molecule has 4 aromatic rings. The zero-order valence-corrected chi connectivity index (χ0v) is 13.8. The molecule has 126 valence electrons. The predicted molar refractivity (Wildman–Crippen MR) is 94.5 cm³/mol. The van der Waals surface area contributed by atoms with Gasteiger partial charge in [0.2, 0.25) is 0 Å². The van der Waals surface area contributed by atoms with Crippen LogP contribution in [-0.2, 0) is 7.05 Å². The van der Waals surface area contributed by atoms with Crippen molar-refractivity contribution in [2.75, 3.05) is 6.54 Å². The predicted octanol–water partition coefficient (Wildman–Crippen LogP) is 2.76. The SMILES string of the molecule is Cn1nc(-c2ccccc2)c2[nH]c(-c3ccc(C4CCNN4)o3)nc21. The molecule has 4 heterocycles. The van der Waals surface area contributed by atoms with E-state index in [-0.39, 0.29) is 6.04 Å². The molecule has 1 unspecified atom stereocenters. The number of nitrogens with one attached hydrogen (secondary N) is 3. The summed E-state index contributed by atoms with van der Waals surface area (Å²) in [5, 5.41) is 4.60. The van der Waals surface area contributed by atoms with E-state index in [1.54, 1.807) is 4.68 Å². The lowest BCUT2D eigenvalue weighted by Gasteiger charge is -2.04. The van der Waals surface area contributed by atoms with Gasteiger partial charge in [0.25, 0.3) is 0 Å². The van der Waals surface area contributed by atoms with Crippen LogP contribution >= 0.6 is 0 Å². The first-order valence-electron chi connectivity index (χ1n) is 8.36. The lowest BCUT2D eigenvalue weighted by Crippen LogP contribution is -2.24. The van der Waals surface area contributed by atoms with E-state index in [4.69, 9.17) is 4.42 Å². The molecule has 1 saturated heterocycles. The highest BCUT2D eigenvalue weighted by molar-refractivity contribution is 5.89. The number of hydrazine groups is 1. The smallest absolute Gasteiger partial charge is 0.177 e. The van der Waals surface area contributed by atoms with Gasteiger partial charge in [0.05, 0.1) is 6.04 Å². The van der Waals surface area contributed by atoms with Gasteiger partial charge >= 0.3 is 0 Å². The Bertz CT molecular complexity index is 1020. The van der Waals surface area contributed by atoms with Gasteiger partial charge in [-0.3, -0.25) is 5.43 Å². The summed E-state index contributed by atoms with van der Waals surface area (Å²) < 4.78 is 7.81. The summed E-state index contributed by atoms with van der Waals surface area (Å²) in [6.07, 6.45) is 1.01. The van der Waals surface area contributed by atoms with Crippen molar-refractivity contribution >= 4 is 11.2 Å². The van der Waals surface area contributed by atoms with Gasteiger partial charge in [0.15, 0.2) is 17.2 Å². The standard InChI is InChI=1S/C18H18N6O/c1-24-18-16(15(23-24)11-5-3-2-4-6-11)20-17(21-18)14-8-7-13(25-14)12-9-10-19-22-12/h2-8,12,19,22H,9-10H2,1H3,(H,20,21). The lowest BCUT2D eigenvalue weighted by molar-refractivity contribution is 0.440. The Morgan fingerprint density at radius 3 is 2.84 bits per heavy atom. The molecule has 3 aromatic heterocycles. The molecular weight excluding hydrogens is 316 g/mol. The van der Waals surface area contributed by atoms with Crippen LogP contribution in [0.25, 0.3) is 34.0 Å². The molecule has 0 amide bonds. The minimum atomic E-state index is 0.208. The van der Waals surface area contributed by atoms with Gasteiger partial charge in [0.1, 0.15) is 17.0 Å². The van der Waals surface area contributed by atoms with Crippen molar-refractivity contribution in [3.05, 3.63) is 48.2 Å². The number of aromatic nitrogens is 4. The van der Waals surface area contributed by atoms with Crippen LogP contribution in [0.5, 0.6) is 0 Å². The van der Waals surface area contributed by atoms with E-state index in [9.17, 15) is 0 Å². The number of nitrogens with zero attached hydrogens (tertiary/aromatic N) is 3. The van der Waals surface area contributed by atoms with E-state index >= 15 is 0 Å². The molecule has 1 aromatic carbocycles. The van der Waals surface area contributed by atoms with E-state index < -0.39 is 0 Å². The van der Waals surface area contributed by atoms with Crippen LogP contribution in [0.2, 0.25) is 0 Å². The number of benzene rings is 1. The van der Waals surface area contributed by atoms with Crippen molar-refractivity contribution in [3.8, 4) is 22.8 Å². The molecule has 1 fully saturated rings. The summed E-state index contributed by atoms with van der Waals surface area (Å²) in [6, 6.07) is 14.3. The molecule has 0 saturated carbocycles. The van der Waals surface area contributed by atoms with Gasteiger partial charge in [-0.1, -0.05) is 30.3 Å². The maximum absolute atomic E-state index is 6.01. The summed E-state index contributed by atoms with van der Waals surface area (Å²) in [5.41, 5.74) is 10.0. The number of hydrogen-bond donors (Lipinski definition) is 3. The number of hydrogen-bond acceptors (Lipinski definition) is 5. The molecule has 0 spiro atoms. The summed E-state index contributed by atoms with van der Waals surface area (Å²) in [4.78, 5) is 8.06. The second kappa shape index (κ2) is 5.58. The molecule has 1 atom stereocenters. The minimum absolute atomic E-state index is 0.208. The summed E-state index contributed by atoms with van der Waals surface area (Å²) in [6.45, 7) is 0.942. The highest BCUT2D eigenvalue weighted by Crippen LogP contribution is 2.31. The molecule has 0 aliphatic carbocycles. The second-order valence-electron chi connectivity index (χ2n) is 6.24. The van der Waals surface area contributed by atoms with E-state index in [0.717, 1.165) is 52.7 Å². The van der Waals surface area contributed by atoms with Crippen molar-refractivity contribution in [1.82, 2.24) is 30.6 Å². The fourth-order valence-electron chi connectivity index (χ4n) is 3.29. The molecule has 7 heteroatoms. The number of aryl methyl sites for hydroxylation is 1. The zero-order valence-electron chi connectivity index (χ0n) is 13.8. The fourth-order valence-corrected chi connectivity index (χ4v) is 3.29. The van der Waals surface area contributed by atoms with Crippen LogP contribution in [0.3, 0.4) is 0 Å². The average molecular weight is 334 g/mol. The number of imidazole rings is 1. The first-order valence-corrected chi connectivity index (χ1v) is 8.36. The number of H-pyrrole nitrogens is 1. The fraction of sp³-hybridized carbons (Fsp3) is 0.222. The van der Waals surface area contributed by atoms with Crippen LogP contribution in [0.15, 0.2) is 46.9 Å². The third-order valence-electron chi connectivity index (χ3n) is 4.56. The number of rotatable bonds is 3. The molecule has 25 heavy (non-hydrogen) atoms. The topological polar surface area (TPSA) is 83.7 Å². The largest absolute Gasteiger partial charge is 0.456 e. The zero-order chi connectivity index (χ0) is 16.8. The Balaban J connectivity index is 1.57. The average Bonchev–Trinajstić information content (AvgIpc) is 3.41. The van der Waals surface area contributed by atoms with E-state index in [1.165, 1.54) is 0 Å². The third-order valence-corrected chi connectivity index (χ3v) is 4.56. The molecule has 0 radical (unpaired) electrons. The highest BCUT2D eigenvalue weighted by atomic mass is 16.3. The van der Waals surface area contributed by atoms with Gasteiger partial charge in [-0.15, -0.1) is 0 Å². The van der Waals surface area contributed by atoms with E-state index in [2.05, 4.69) is 25.9 Å². The normalized spacial score (nSPS) is 17.6. The molecular formula is C18H18N6O. The minimum Gasteiger partial charge on any atom is -0.456 e. The van der Waals surface area contributed by atoms with E-state index in [0.29, 0.717) is 0 Å². The Morgan fingerprint density at radius 1 is 1.16 bits per heavy atom. The van der Waals surface area contributed by atoms with Crippen LogP contribution in [0, 0.1) is 0 Å². The van der Waals surface area contributed by atoms with Gasteiger partial charge in [-0.05, 0) is 18.6 Å². The van der Waals surface area contributed by atoms with E-state index in [1.807, 2.05) is 49.5 Å². The summed E-state index contributed by atoms with van der Waals surface area (Å²) in [7, 11) is 1.90. The molecule has 5 rings (SSSR count). The first-order chi connectivity index (χ1) is 12.3. The van der Waals surface area contributed by atoms with Gasteiger partial charge in [-0.25, -0.2) is 15.1 Å². The maximum atomic E-state index is 6.01. The second-order valence-corrected chi connectivity index (χ2v) is 6.24. The Labute approximate surface area is 144 Å². The van der Waals surface area contributed by atoms with Crippen molar-refractivity contribution in [2.24, 2.45) is 7.05 Å². The highest BCUT2D eigenvalue weighted by Gasteiger charge is 2.22. The monoisotopic (exact) mass is 334 g/mol. The quantitative estimate of drug-likeness (QED) is 0.536. The van der Waals surface area contributed by atoms with Crippen LogP contribution in [0.1, 0.15) is 18.2 Å². The van der Waals surface area contributed by atoms with Crippen molar-refractivity contribution in [1.29, 1.82) is 0 Å². The van der Waals surface area contributed by atoms with Crippen molar-refractivity contribution in [2.45, 2.75) is 12.5 Å². The Hall–Kier alpha value is -2.90. The van der Waals surface area contributed by atoms with Crippen molar-refractivity contribution < 1.29 is 4.42 Å². The van der Waals surface area contributed by atoms with Crippen LogP contribution < -0.4 is 10.9 Å². The lowest BCUT2D eigenvalue weighted by atomic mass is 10.1. The molecule has 1 aliphatic heterocycles. The first kappa shape index (κ1) is 14.4. The third kappa shape index (κ3) is 2.36. The number of aromatic amines is 1. The van der Waals surface area contributed by atoms with Crippen LogP contribution in [-0.4, -0.2) is 26.3 Å². The van der Waals surface area contributed by atoms with Gasteiger partial charge < -0.3 is 9.40 Å². The summed E-state index contributed by atoms with van der Waals surface area (Å²) in [5.74, 6) is 2.37. The maximum Gasteiger partial charge on any atom is 0.177 e. The van der Waals surface area contributed by atoms with Crippen LogP contribution in [0.4, 0.5) is 0 Å². The number of furan rings is 1. The Morgan fingerprint density at radius 2 is 2.04 bits per heavy atom. The molecule has 1 aliphatic rings.